The van der Waals surface area contributed by atoms with Crippen LogP contribution in [0.25, 0.3) is 10.9 Å². The Morgan fingerprint density at radius 1 is 0.783 bits per heavy atom. The van der Waals surface area contributed by atoms with Crippen molar-refractivity contribution in [1.82, 2.24) is 31.6 Å². The predicted octanol–water partition coefficient (Wildman–Crippen LogP) is 0.845. The van der Waals surface area contributed by atoms with Gasteiger partial charge in [0.25, 0.3) is 11.8 Å². The first-order valence-electron chi connectivity index (χ1n) is 20.2. The second-order valence-corrected chi connectivity index (χ2v) is 14.6. The van der Waals surface area contributed by atoms with Crippen LogP contribution in [0.1, 0.15) is 83.0 Å². The summed E-state index contributed by atoms with van der Waals surface area (Å²) < 4.78 is 27.6. The number of ether oxygens (including phenoxy) is 5. The van der Waals surface area contributed by atoms with Gasteiger partial charge in [0.1, 0.15) is 29.7 Å². The summed E-state index contributed by atoms with van der Waals surface area (Å²) in [5, 5.41) is 14.0. The third-order valence-electron chi connectivity index (χ3n) is 8.36. The highest BCUT2D eigenvalue weighted by molar-refractivity contribution is 6.06. The maximum Gasteiger partial charge on any atom is 0.329 e. The molecule has 1 heterocycles. The monoisotopic (exact) mass is 845 g/mol. The molecule has 2 atom stereocenters. The van der Waals surface area contributed by atoms with Gasteiger partial charge in [-0.25, -0.2) is 4.79 Å². The molecule has 0 saturated heterocycles. The molecule has 1 aromatic heterocycles. The molecule has 0 saturated carbocycles. The fourth-order valence-corrected chi connectivity index (χ4v) is 5.47. The van der Waals surface area contributed by atoms with Crippen LogP contribution in [0.5, 0.6) is 5.75 Å². The molecule has 0 radical (unpaired) electrons. The number of rotatable bonds is 31. The van der Waals surface area contributed by atoms with Crippen molar-refractivity contribution in [2.75, 3.05) is 72.4 Å². The number of hydrogen-bond acceptors (Lipinski definition) is 14. The molecule has 1 aromatic carbocycles. The van der Waals surface area contributed by atoms with Crippen molar-refractivity contribution in [3.63, 3.8) is 0 Å². The van der Waals surface area contributed by atoms with Crippen LogP contribution in [0.2, 0.25) is 0 Å². The van der Waals surface area contributed by atoms with Crippen molar-refractivity contribution in [2.45, 2.75) is 90.3 Å². The van der Waals surface area contributed by atoms with Crippen molar-refractivity contribution in [1.29, 1.82) is 0 Å². The van der Waals surface area contributed by atoms with Crippen molar-refractivity contribution < 1.29 is 57.2 Å². The molecule has 0 aliphatic carbocycles. The lowest BCUT2D eigenvalue weighted by molar-refractivity contribution is -0.159. The first-order chi connectivity index (χ1) is 28.7. The van der Waals surface area contributed by atoms with Crippen LogP contribution in [0.3, 0.4) is 0 Å². The Morgan fingerprint density at radius 3 is 2.15 bits per heavy atom. The van der Waals surface area contributed by atoms with Gasteiger partial charge in [-0.05, 0) is 84.0 Å². The molecular weight excluding hydrogens is 782 g/mol. The van der Waals surface area contributed by atoms with Gasteiger partial charge in [-0.15, -0.1) is 0 Å². The lowest BCUT2D eigenvalue weighted by Gasteiger charge is -2.26. The average Bonchev–Trinajstić information content (AvgIpc) is 3.20. The van der Waals surface area contributed by atoms with Crippen LogP contribution in [0.15, 0.2) is 30.5 Å². The molecule has 2 aromatic rings. The molecule has 60 heavy (non-hydrogen) atoms. The number of aldehydes is 1. The number of nitrogens with zero attached hydrogens (tertiary/aromatic N) is 1. The summed E-state index contributed by atoms with van der Waals surface area (Å²) in [6.45, 7) is 8.85. The van der Waals surface area contributed by atoms with Gasteiger partial charge < -0.3 is 60.8 Å². The maximum absolute atomic E-state index is 13.4. The molecule has 0 fully saturated rings. The minimum atomic E-state index is -0.929. The molecule has 0 spiro atoms. The standard InChI is InChI=1S/C41H63N7O12/c1-29(50)43-16-8-6-10-34(40(55)60-41(2,3)4)48-39(54)33(9-5-7-15-42)47-36(51)14-21-56-23-25-58-26-24-57-22-19-45-37(52)28-59-30-11-12-31-32(38(53)46-18-20-49)13-17-44-35(31)27-30/h11-13,17,20,27,33-34H,5-10,14-16,18-19,21-26,28,42H2,1-4H3,(H,43,50)(H,45,52)(H,46,53)(H,47,51)(H,48,54). The first kappa shape index (κ1) is 50.9. The molecule has 2 unspecified atom stereocenters. The van der Waals surface area contributed by atoms with Gasteiger partial charge in [0.15, 0.2) is 6.61 Å². The Labute approximate surface area is 351 Å². The van der Waals surface area contributed by atoms with E-state index in [1.807, 2.05) is 0 Å². The summed E-state index contributed by atoms with van der Waals surface area (Å²) in [5.74, 6) is -1.97. The summed E-state index contributed by atoms with van der Waals surface area (Å²) in [6.07, 6.45) is 5.11. The molecule has 0 aliphatic heterocycles. The van der Waals surface area contributed by atoms with Crippen LogP contribution in [0.4, 0.5) is 0 Å². The molecule has 7 N–H and O–H groups in total. The number of amides is 5. The highest BCUT2D eigenvalue weighted by Crippen LogP contribution is 2.22. The maximum atomic E-state index is 13.4. The Hall–Kier alpha value is -5.24. The number of aromatic nitrogens is 1. The molecule has 2 rings (SSSR count). The lowest BCUT2D eigenvalue weighted by Crippen LogP contribution is -2.52. The van der Waals surface area contributed by atoms with Crippen LogP contribution in [0, 0.1) is 0 Å². The number of hydrogen-bond donors (Lipinski definition) is 6. The van der Waals surface area contributed by atoms with E-state index < -0.39 is 35.5 Å². The molecule has 0 aliphatic rings. The Bertz CT molecular complexity index is 1670. The minimum absolute atomic E-state index is 0.00379. The smallest absolute Gasteiger partial charge is 0.329 e. The van der Waals surface area contributed by atoms with Crippen LogP contribution in [-0.4, -0.2) is 137 Å². The fraction of sp³-hybridized carbons (Fsp3) is 0.610. The van der Waals surface area contributed by atoms with Crippen molar-refractivity contribution in [2.24, 2.45) is 5.73 Å². The van der Waals surface area contributed by atoms with E-state index in [9.17, 15) is 33.6 Å². The van der Waals surface area contributed by atoms with Gasteiger partial charge in [-0.3, -0.25) is 29.0 Å². The molecule has 19 heteroatoms. The van der Waals surface area contributed by atoms with Gasteiger partial charge in [0, 0.05) is 44.1 Å². The number of nitrogens with two attached hydrogens (primary N) is 1. The minimum Gasteiger partial charge on any atom is -0.484 e. The largest absolute Gasteiger partial charge is 0.484 e. The zero-order valence-corrected chi connectivity index (χ0v) is 35.3. The van der Waals surface area contributed by atoms with E-state index in [1.54, 1.807) is 45.0 Å². The lowest BCUT2D eigenvalue weighted by atomic mass is 10.1. The molecule has 334 valence electrons. The SMILES string of the molecule is CC(=O)NCCCCC(NC(=O)C(CCCCN)NC(=O)CCOCCOCCOCCNC(=O)COc1ccc2c(C(=O)NCC=O)ccnc2c1)C(=O)OC(C)(C)C. The number of carbonyl (C=O) groups excluding carboxylic acids is 7. The quantitative estimate of drug-likeness (QED) is 0.0349. The van der Waals surface area contributed by atoms with Gasteiger partial charge in [0.2, 0.25) is 17.7 Å². The molecule has 0 bridgehead atoms. The third kappa shape index (κ3) is 22.2. The van der Waals surface area contributed by atoms with E-state index in [-0.39, 0.29) is 83.5 Å². The highest BCUT2D eigenvalue weighted by Gasteiger charge is 2.29. The summed E-state index contributed by atoms with van der Waals surface area (Å²) >= 11 is 0. The normalized spacial score (nSPS) is 12.2. The number of nitrogens with one attached hydrogen (secondary N) is 5. The molecule has 19 nitrogen and oxygen atoms in total. The zero-order valence-electron chi connectivity index (χ0n) is 35.3. The summed E-state index contributed by atoms with van der Waals surface area (Å²) in [4.78, 5) is 89.6. The van der Waals surface area contributed by atoms with Crippen molar-refractivity contribution in [3.05, 3.63) is 36.0 Å². The summed E-state index contributed by atoms with van der Waals surface area (Å²) in [5.41, 5.74) is 5.74. The van der Waals surface area contributed by atoms with E-state index in [1.165, 1.54) is 13.1 Å². The topological polar surface area (TPSA) is 265 Å². The highest BCUT2D eigenvalue weighted by atomic mass is 16.6. The number of pyridine rings is 1. The Kier molecular flexibility index (Phi) is 24.7. The van der Waals surface area contributed by atoms with E-state index >= 15 is 0 Å². The number of carbonyl (C=O) groups is 7. The van der Waals surface area contributed by atoms with Gasteiger partial charge in [0.05, 0.1) is 57.3 Å². The second kappa shape index (κ2) is 29.1. The average molecular weight is 846 g/mol. The van der Waals surface area contributed by atoms with Gasteiger partial charge in [-0.1, -0.05) is 0 Å². The van der Waals surface area contributed by atoms with Gasteiger partial charge >= 0.3 is 5.97 Å². The second-order valence-electron chi connectivity index (χ2n) is 14.6. The predicted molar refractivity (Wildman–Crippen MR) is 221 cm³/mol. The first-order valence-corrected chi connectivity index (χ1v) is 20.2. The van der Waals surface area contributed by atoms with E-state index in [0.717, 1.165) is 0 Å². The Balaban J connectivity index is 1.63. The molecule has 5 amide bonds. The van der Waals surface area contributed by atoms with E-state index in [0.29, 0.717) is 80.1 Å². The summed E-state index contributed by atoms with van der Waals surface area (Å²) in [6, 6.07) is 4.64. The van der Waals surface area contributed by atoms with Gasteiger partial charge in [-0.2, -0.15) is 0 Å². The van der Waals surface area contributed by atoms with Crippen LogP contribution < -0.4 is 37.1 Å². The number of benzene rings is 1. The third-order valence-corrected chi connectivity index (χ3v) is 8.36. The van der Waals surface area contributed by atoms with Crippen LogP contribution >= 0.6 is 0 Å². The number of esters is 1. The Morgan fingerprint density at radius 2 is 1.47 bits per heavy atom. The van der Waals surface area contributed by atoms with Crippen LogP contribution in [-0.2, 0) is 47.7 Å². The number of unbranched alkanes of at least 4 members (excludes halogenated alkanes) is 2. The molecular formula is C41H63N7O12. The number of fused-ring (bicyclic) bond motifs is 1. The van der Waals surface area contributed by atoms with Crippen molar-refractivity contribution >= 4 is 52.7 Å². The van der Waals surface area contributed by atoms with E-state index in [2.05, 4.69) is 31.6 Å². The zero-order chi connectivity index (χ0) is 44.2. The summed E-state index contributed by atoms with van der Waals surface area (Å²) in [7, 11) is 0. The fourth-order valence-electron chi connectivity index (χ4n) is 5.47. The van der Waals surface area contributed by atoms with E-state index in [4.69, 9.17) is 29.4 Å². The van der Waals surface area contributed by atoms with Crippen molar-refractivity contribution in [3.8, 4) is 5.75 Å².